The van der Waals surface area contributed by atoms with Crippen molar-refractivity contribution < 1.29 is 22.7 Å². The molecule has 0 spiro atoms. The van der Waals surface area contributed by atoms with Crippen molar-refractivity contribution in [3.63, 3.8) is 0 Å². The van der Waals surface area contributed by atoms with Crippen LogP contribution in [0.5, 0.6) is 0 Å². The van der Waals surface area contributed by atoms with E-state index in [-0.39, 0.29) is 10.7 Å². The second kappa shape index (κ2) is 9.27. The molecule has 1 aromatic carbocycles. The summed E-state index contributed by atoms with van der Waals surface area (Å²) < 4.78 is 31.2. The van der Waals surface area contributed by atoms with E-state index in [4.69, 9.17) is 21.6 Å². The second-order valence-electron chi connectivity index (χ2n) is 5.44. The molecule has 0 aliphatic rings. The number of nitriles is 1. The molecule has 1 atom stereocenters. The second-order valence-corrected chi connectivity index (χ2v) is 7.65. The maximum absolute atomic E-state index is 12.1. The summed E-state index contributed by atoms with van der Waals surface area (Å²) in [7, 11) is -3.97. The van der Waals surface area contributed by atoms with Crippen LogP contribution in [0, 0.1) is 11.3 Å². The number of anilines is 1. The predicted molar refractivity (Wildman–Crippen MR) is 99.8 cm³/mol. The molecule has 0 saturated heterocycles. The molecule has 2 N–H and O–H groups in total. The van der Waals surface area contributed by atoms with Gasteiger partial charge < -0.3 is 10.1 Å². The topological polar surface area (TPSA) is 138 Å². The molecule has 1 heterocycles. The number of hydrogen-bond donors (Lipinski definition) is 2. The average molecular weight is 423 g/mol. The number of aromatic nitrogens is 1. The number of esters is 1. The molecule has 146 valence electrons. The van der Waals surface area contributed by atoms with Crippen molar-refractivity contribution in [2.45, 2.75) is 17.9 Å². The lowest BCUT2D eigenvalue weighted by Crippen LogP contribution is -2.36. The van der Waals surface area contributed by atoms with E-state index in [9.17, 15) is 18.0 Å². The molecule has 0 unspecified atom stereocenters. The maximum atomic E-state index is 12.1. The molecule has 1 amide bonds. The van der Waals surface area contributed by atoms with Gasteiger partial charge in [0.25, 0.3) is 5.91 Å². The Balaban J connectivity index is 1.87. The summed E-state index contributed by atoms with van der Waals surface area (Å²) in [6.45, 7) is 0.664. The van der Waals surface area contributed by atoms with Crippen LogP contribution in [-0.4, -0.2) is 37.9 Å². The number of nitrogens with one attached hydrogen (secondary N) is 2. The van der Waals surface area contributed by atoms with Gasteiger partial charge in [0.15, 0.2) is 6.10 Å². The Morgan fingerprint density at radius 3 is 2.50 bits per heavy atom. The van der Waals surface area contributed by atoms with Crippen molar-refractivity contribution in [2.75, 3.05) is 11.9 Å². The molecular weight excluding hydrogens is 408 g/mol. The molecule has 0 radical (unpaired) electrons. The Morgan fingerprint density at radius 2 is 1.93 bits per heavy atom. The van der Waals surface area contributed by atoms with Crippen LogP contribution in [0.25, 0.3) is 0 Å². The van der Waals surface area contributed by atoms with E-state index in [1.54, 1.807) is 0 Å². The van der Waals surface area contributed by atoms with Crippen molar-refractivity contribution in [2.24, 2.45) is 0 Å². The van der Waals surface area contributed by atoms with Crippen LogP contribution in [-0.2, 0) is 24.3 Å². The number of ether oxygens (including phenoxy) is 1. The quantitative estimate of drug-likeness (QED) is 0.644. The van der Waals surface area contributed by atoms with E-state index in [0.717, 1.165) is 0 Å². The Kier molecular flexibility index (Phi) is 7.06. The number of benzene rings is 1. The van der Waals surface area contributed by atoms with Gasteiger partial charge >= 0.3 is 5.97 Å². The Bertz CT molecular complexity index is 1000. The minimum Gasteiger partial charge on any atom is -0.452 e. The third kappa shape index (κ3) is 6.02. The highest BCUT2D eigenvalue weighted by Crippen LogP contribution is 2.11. The molecular formula is C17H15ClN4O5S. The number of pyridine rings is 1. The summed E-state index contributed by atoms with van der Waals surface area (Å²) in [5.41, 5.74) is 0.299. The predicted octanol–water partition coefficient (Wildman–Crippen LogP) is 1.46. The van der Waals surface area contributed by atoms with Gasteiger partial charge in [0.2, 0.25) is 10.0 Å². The first-order chi connectivity index (χ1) is 13.2. The highest BCUT2D eigenvalue weighted by Gasteiger charge is 2.21. The van der Waals surface area contributed by atoms with Gasteiger partial charge in [0, 0.05) is 6.20 Å². The van der Waals surface area contributed by atoms with Crippen LogP contribution >= 0.6 is 11.6 Å². The van der Waals surface area contributed by atoms with Crippen molar-refractivity contribution in [3.05, 3.63) is 53.2 Å². The average Bonchev–Trinajstić information content (AvgIpc) is 2.68. The van der Waals surface area contributed by atoms with E-state index in [1.165, 1.54) is 49.5 Å². The number of halogens is 1. The van der Waals surface area contributed by atoms with Crippen LogP contribution in [0.2, 0.25) is 5.02 Å². The lowest BCUT2D eigenvalue weighted by atomic mass is 10.2. The minimum atomic E-state index is -3.97. The Labute approximate surface area is 166 Å². The number of sulfonamides is 1. The van der Waals surface area contributed by atoms with Gasteiger partial charge in [-0.2, -0.15) is 9.98 Å². The van der Waals surface area contributed by atoms with Crippen LogP contribution in [0.15, 0.2) is 47.5 Å². The zero-order valence-corrected chi connectivity index (χ0v) is 16.1. The van der Waals surface area contributed by atoms with Gasteiger partial charge in [0.1, 0.15) is 12.4 Å². The number of hydrogen-bond acceptors (Lipinski definition) is 7. The molecule has 0 fully saturated rings. The highest BCUT2D eigenvalue weighted by molar-refractivity contribution is 7.89. The van der Waals surface area contributed by atoms with Crippen LogP contribution < -0.4 is 10.0 Å². The fourth-order valence-electron chi connectivity index (χ4n) is 1.92. The largest absolute Gasteiger partial charge is 0.452 e. The fraction of sp³-hybridized carbons (Fsp3) is 0.176. The first-order valence-electron chi connectivity index (χ1n) is 7.83. The first-order valence-corrected chi connectivity index (χ1v) is 9.69. The molecule has 28 heavy (non-hydrogen) atoms. The Hall–Kier alpha value is -3.00. The lowest BCUT2D eigenvalue weighted by molar-refractivity contribution is -0.151. The molecule has 1 aromatic heterocycles. The van der Waals surface area contributed by atoms with Crippen molar-refractivity contribution in [3.8, 4) is 6.07 Å². The lowest BCUT2D eigenvalue weighted by Gasteiger charge is -2.13. The van der Waals surface area contributed by atoms with Crippen molar-refractivity contribution in [1.82, 2.24) is 9.71 Å². The zero-order valence-electron chi connectivity index (χ0n) is 14.5. The van der Waals surface area contributed by atoms with Gasteiger partial charge in [-0.05, 0) is 43.3 Å². The van der Waals surface area contributed by atoms with Crippen molar-refractivity contribution >= 4 is 39.3 Å². The van der Waals surface area contributed by atoms with E-state index in [2.05, 4.69) is 15.0 Å². The van der Waals surface area contributed by atoms with E-state index in [0.29, 0.717) is 10.6 Å². The maximum Gasteiger partial charge on any atom is 0.321 e. The standard InChI is InChI=1S/C17H15ClN4O5S/c1-11(17(24)22-15-7-4-13(18)9-20-15)27-16(23)10-21-28(25,26)14-5-2-12(8-19)3-6-14/h2-7,9,11,21H,10H2,1H3,(H,20,22,24)/t11-/m1/s1. The zero-order chi connectivity index (χ0) is 20.7. The van der Waals surface area contributed by atoms with Gasteiger partial charge in [-0.25, -0.2) is 13.4 Å². The molecule has 11 heteroatoms. The van der Waals surface area contributed by atoms with E-state index in [1.807, 2.05) is 6.07 Å². The number of amides is 1. The van der Waals surface area contributed by atoms with Crippen LogP contribution in [0.4, 0.5) is 5.82 Å². The first kappa shape index (κ1) is 21.3. The third-order valence-corrected chi connectivity index (χ3v) is 5.00. The van der Waals surface area contributed by atoms with Gasteiger partial charge in [-0.3, -0.25) is 9.59 Å². The summed E-state index contributed by atoms with van der Waals surface area (Å²) in [4.78, 5) is 27.6. The number of nitrogens with zero attached hydrogens (tertiary/aromatic N) is 2. The van der Waals surface area contributed by atoms with Gasteiger partial charge in [-0.15, -0.1) is 0 Å². The highest BCUT2D eigenvalue weighted by atomic mass is 35.5. The van der Waals surface area contributed by atoms with Gasteiger partial charge in [0.05, 0.1) is 21.6 Å². The summed E-state index contributed by atoms with van der Waals surface area (Å²) in [5.74, 6) is -1.36. The Morgan fingerprint density at radius 1 is 1.25 bits per heavy atom. The van der Waals surface area contributed by atoms with E-state index >= 15 is 0 Å². The summed E-state index contributed by atoms with van der Waals surface area (Å²) in [6.07, 6.45) is 0.163. The number of rotatable bonds is 7. The monoisotopic (exact) mass is 422 g/mol. The van der Waals surface area contributed by atoms with Crippen molar-refractivity contribution in [1.29, 1.82) is 5.26 Å². The summed E-state index contributed by atoms with van der Waals surface area (Å²) in [5, 5.41) is 11.6. The van der Waals surface area contributed by atoms with E-state index < -0.39 is 34.5 Å². The smallest absolute Gasteiger partial charge is 0.321 e. The normalized spacial score (nSPS) is 11.9. The van der Waals surface area contributed by atoms with Crippen LogP contribution in [0.3, 0.4) is 0 Å². The summed E-state index contributed by atoms with van der Waals surface area (Å²) in [6, 6.07) is 10.0. The molecule has 0 saturated carbocycles. The SMILES string of the molecule is C[C@@H](OC(=O)CNS(=O)(=O)c1ccc(C#N)cc1)C(=O)Nc1ccc(Cl)cn1. The molecule has 0 aliphatic heterocycles. The molecule has 9 nitrogen and oxygen atoms in total. The van der Waals surface area contributed by atoms with Crippen LogP contribution in [0.1, 0.15) is 12.5 Å². The fourth-order valence-corrected chi connectivity index (χ4v) is 3.00. The molecule has 2 aromatic rings. The van der Waals surface area contributed by atoms with Gasteiger partial charge in [-0.1, -0.05) is 11.6 Å². The third-order valence-electron chi connectivity index (χ3n) is 3.36. The minimum absolute atomic E-state index is 0.112. The summed E-state index contributed by atoms with van der Waals surface area (Å²) >= 11 is 5.70. The number of carbonyl (C=O) groups excluding carboxylic acids is 2. The molecule has 2 rings (SSSR count). The molecule has 0 aliphatic carbocycles. The molecule has 0 bridgehead atoms. The number of carbonyl (C=O) groups is 2.